The number of hydrogen-bond donors (Lipinski definition) is 1. The number of rotatable bonds is 2. The lowest BCUT2D eigenvalue weighted by molar-refractivity contribution is 0.445. The molecule has 14 heavy (non-hydrogen) atoms. The Hall–Kier alpha value is -0.640. The smallest absolute Gasteiger partial charge is 0.205 e. The van der Waals surface area contributed by atoms with Crippen molar-refractivity contribution in [2.45, 2.75) is 51.5 Å². The first-order valence-corrected chi connectivity index (χ1v) is 5.98. The summed E-state index contributed by atoms with van der Waals surface area (Å²) in [5.74, 6) is 0. The van der Waals surface area contributed by atoms with Crippen molar-refractivity contribution in [3.8, 4) is 0 Å². The van der Waals surface area contributed by atoms with Crippen LogP contribution in [0.5, 0.6) is 0 Å². The number of aromatic nitrogens is 2. The maximum Gasteiger partial charge on any atom is 0.205 e. The first-order chi connectivity index (χ1) is 6.55. The summed E-state index contributed by atoms with van der Waals surface area (Å²) < 4.78 is 0. The molecule has 0 spiro atoms. The van der Waals surface area contributed by atoms with Crippen molar-refractivity contribution in [1.82, 2.24) is 10.2 Å². The second-order valence-electron chi connectivity index (χ2n) is 4.93. The summed E-state index contributed by atoms with van der Waals surface area (Å²) in [6, 6.07) is 0.649. The van der Waals surface area contributed by atoms with Crippen molar-refractivity contribution in [3.05, 3.63) is 5.01 Å². The first kappa shape index (κ1) is 9.90. The zero-order valence-corrected chi connectivity index (χ0v) is 9.82. The molecule has 1 aromatic rings. The third kappa shape index (κ3) is 2.05. The summed E-state index contributed by atoms with van der Waals surface area (Å²) in [4.78, 5) is 0. The van der Waals surface area contributed by atoms with Gasteiger partial charge in [0.2, 0.25) is 5.13 Å². The second kappa shape index (κ2) is 3.50. The van der Waals surface area contributed by atoms with Gasteiger partial charge in [-0.15, -0.1) is 10.2 Å². The van der Waals surface area contributed by atoms with E-state index in [1.54, 1.807) is 11.3 Å². The van der Waals surface area contributed by atoms with E-state index in [4.69, 9.17) is 0 Å². The number of nitrogens with zero attached hydrogens (tertiary/aromatic N) is 2. The van der Waals surface area contributed by atoms with E-state index in [1.807, 2.05) is 0 Å². The topological polar surface area (TPSA) is 37.8 Å². The highest BCUT2D eigenvalue weighted by Crippen LogP contribution is 2.30. The minimum atomic E-state index is 0.122. The van der Waals surface area contributed by atoms with Crippen LogP contribution < -0.4 is 5.32 Å². The summed E-state index contributed by atoms with van der Waals surface area (Å²) in [7, 11) is 0. The summed E-state index contributed by atoms with van der Waals surface area (Å²) in [6.45, 7) is 6.50. The molecule has 0 saturated heterocycles. The Labute approximate surface area is 88.9 Å². The molecule has 1 saturated carbocycles. The SMILES string of the molecule is CC(C)(C)c1nnc(NC2CCC2)s1. The van der Waals surface area contributed by atoms with Crippen LogP contribution in [0.1, 0.15) is 45.0 Å². The molecule has 0 unspecified atom stereocenters. The second-order valence-corrected chi connectivity index (χ2v) is 5.91. The van der Waals surface area contributed by atoms with Crippen LogP contribution in [0.3, 0.4) is 0 Å². The Kier molecular flexibility index (Phi) is 2.47. The molecule has 0 radical (unpaired) electrons. The van der Waals surface area contributed by atoms with Crippen molar-refractivity contribution in [2.75, 3.05) is 5.32 Å². The maximum absolute atomic E-state index is 4.20. The van der Waals surface area contributed by atoms with E-state index < -0.39 is 0 Å². The third-order valence-corrected chi connectivity index (χ3v) is 3.78. The molecular weight excluding hydrogens is 194 g/mol. The third-order valence-electron chi connectivity index (χ3n) is 2.50. The number of nitrogens with one attached hydrogen (secondary N) is 1. The van der Waals surface area contributed by atoms with Crippen LogP contribution in [-0.4, -0.2) is 16.2 Å². The molecule has 1 aliphatic rings. The molecule has 78 valence electrons. The van der Waals surface area contributed by atoms with Gasteiger partial charge in [0.1, 0.15) is 5.01 Å². The van der Waals surface area contributed by atoms with E-state index in [-0.39, 0.29) is 5.41 Å². The van der Waals surface area contributed by atoms with E-state index >= 15 is 0 Å². The Morgan fingerprint density at radius 1 is 1.29 bits per heavy atom. The summed E-state index contributed by atoms with van der Waals surface area (Å²) in [5.41, 5.74) is 0.122. The molecule has 1 fully saturated rings. The van der Waals surface area contributed by atoms with E-state index in [2.05, 4.69) is 36.3 Å². The maximum atomic E-state index is 4.20. The Bertz CT molecular complexity index is 309. The lowest BCUT2D eigenvalue weighted by Crippen LogP contribution is -2.26. The highest BCUT2D eigenvalue weighted by Gasteiger charge is 2.22. The molecule has 1 aliphatic carbocycles. The van der Waals surface area contributed by atoms with Gasteiger partial charge in [-0.25, -0.2) is 0 Å². The largest absolute Gasteiger partial charge is 0.357 e. The monoisotopic (exact) mass is 211 g/mol. The van der Waals surface area contributed by atoms with E-state index in [0.717, 1.165) is 10.1 Å². The normalized spacial score (nSPS) is 17.9. The fourth-order valence-corrected chi connectivity index (χ4v) is 2.19. The first-order valence-electron chi connectivity index (χ1n) is 5.16. The van der Waals surface area contributed by atoms with Gasteiger partial charge < -0.3 is 5.32 Å². The number of anilines is 1. The molecule has 1 heterocycles. The van der Waals surface area contributed by atoms with Crippen molar-refractivity contribution < 1.29 is 0 Å². The molecule has 0 amide bonds. The van der Waals surface area contributed by atoms with Crippen LogP contribution in [0.2, 0.25) is 0 Å². The van der Waals surface area contributed by atoms with Crippen LogP contribution in [-0.2, 0) is 5.41 Å². The van der Waals surface area contributed by atoms with Crippen molar-refractivity contribution in [1.29, 1.82) is 0 Å². The molecule has 4 heteroatoms. The van der Waals surface area contributed by atoms with Crippen molar-refractivity contribution >= 4 is 16.5 Å². The zero-order chi connectivity index (χ0) is 10.2. The number of hydrogen-bond acceptors (Lipinski definition) is 4. The summed E-state index contributed by atoms with van der Waals surface area (Å²) >= 11 is 1.68. The molecule has 1 aromatic heterocycles. The Balaban J connectivity index is 2.02. The summed E-state index contributed by atoms with van der Waals surface area (Å²) in [5, 5.41) is 13.9. The van der Waals surface area contributed by atoms with Crippen LogP contribution in [0.25, 0.3) is 0 Å². The van der Waals surface area contributed by atoms with Crippen LogP contribution in [0, 0.1) is 0 Å². The quantitative estimate of drug-likeness (QED) is 0.817. The molecule has 0 bridgehead atoms. The van der Waals surface area contributed by atoms with Gasteiger partial charge in [0.05, 0.1) is 0 Å². The van der Waals surface area contributed by atoms with Gasteiger partial charge >= 0.3 is 0 Å². The highest BCUT2D eigenvalue weighted by atomic mass is 32.1. The summed E-state index contributed by atoms with van der Waals surface area (Å²) in [6.07, 6.45) is 3.91. The fourth-order valence-electron chi connectivity index (χ4n) is 1.31. The Morgan fingerprint density at radius 3 is 2.43 bits per heavy atom. The van der Waals surface area contributed by atoms with E-state index in [0.29, 0.717) is 6.04 Å². The molecule has 0 atom stereocenters. The van der Waals surface area contributed by atoms with E-state index in [1.165, 1.54) is 19.3 Å². The van der Waals surface area contributed by atoms with Crippen molar-refractivity contribution in [3.63, 3.8) is 0 Å². The molecule has 0 aromatic carbocycles. The lowest BCUT2D eigenvalue weighted by atomic mass is 9.93. The average Bonchev–Trinajstić information content (AvgIpc) is 2.43. The van der Waals surface area contributed by atoms with E-state index in [9.17, 15) is 0 Å². The standard InChI is InChI=1S/C10H17N3S/c1-10(2,3)8-12-13-9(14-8)11-7-5-4-6-7/h7H,4-6H2,1-3H3,(H,11,13). The Morgan fingerprint density at radius 2 is 2.00 bits per heavy atom. The van der Waals surface area contributed by atoms with Gasteiger partial charge in [-0.2, -0.15) is 0 Å². The van der Waals surface area contributed by atoms with Crippen molar-refractivity contribution in [2.24, 2.45) is 0 Å². The van der Waals surface area contributed by atoms with Gasteiger partial charge in [0.15, 0.2) is 0 Å². The van der Waals surface area contributed by atoms with Crippen LogP contribution >= 0.6 is 11.3 Å². The molecule has 3 nitrogen and oxygen atoms in total. The molecule has 1 N–H and O–H groups in total. The predicted octanol–water partition coefficient (Wildman–Crippen LogP) is 2.80. The van der Waals surface area contributed by atoms with Gasteiger partial charge in [-0.3, -0.25) is 0 Å². The minimum Gasteiger partial charge on any atom is -0.357 e. The molecule has 2 rings (SSSR count). The van der Waals surface area contributed by atoms with Crippen LogP contribution in [0.4, 0.5) is 5.13 Å². The minimum absolute atomic E-state index is 0.122. The predicted molar refractivity (Wildman–Crippen MR) is 59.9 cm³/mol. The van der Waals surface area contributed by atoms with Gasteiger partial charge in [-0.05, 0) is 19.3 Å². The van der Waals surface area contributed by atoms with Gasteiger partial charge in [-0.1, -0.05) is 32.1 Å². The molecule has 0 aliphatic heterocycles. The van der Waals surface area contributed by atoms with Gasteiger partial charge in [0, 0.05) is 11.5 Å². The lowest BCUT2D eigenvalue weighted by Gasteiger charge is -2.25. The zero-order valence-electron chi connectivity index (χ0n) is 9.00. The fraction of sp³-hybridized carbons (Fsp3) is 0.800. The highest BCUT2D eigenvalue weighted by molar-refractivity contribution is 7.15. The van der Waals surface area contributed by atoms with Gasteiger partial charge in [0.25, 0.3) is 0 Å². The average molecular weight is 211 g/mol. The molecular formula is C10H17N3S. The van der Waals surface area contributed by atoms with Crippen LogP contribution in [0.15, 0.2) is 0 Å².